The van der Waals surface area contributed by atoms with Crippen molar-refractivity contribution >= 4 is 60.1 Å². The largest absolute Gasteiger partial charge is 0.326 e. The molecule has 0 aliphatic heterocycles. The highest BCUT2D eigenvalue weighted by Gasteiger charge is 2.10. The number of carbonyl (C=O) groups excluding carboxylic acids is 2. The van der Waals surface area contributed by atoms with Gasteiger partial charge in [0.2, 0.25) is 5.91 Å². The van der Waals surface area contributed by atoms with Gasteiger partial charge in [-0.15, -0.1) is 0 Å². The molecule has 0 bridgehead atoms. The molecule has 0 aliphatic rings. The number of nitrogens with zero attached hydrogens (tertiary/aromatic N) is 1. The van der Waals surface area contributed by atoms with E-state index in [0.717, 1.165) is 14.7 Å². The van der Waals surface area contributed by atoms with Crippen LogP contribution in [0.2, 0.25) is 0 Å². The number of thiazole rings is 1. The van der Waals surface area contributed by atoms with E-state index in [4.69, 9.17) is 0 Å². The molecule has 0 saturated carbocycles. The van der Waals surface area contributed by atoms with Gasteiger partial charge in [-0.05, 0) is 42.5 Å². The lowest BCUT2D eigenvalue weighted by atomic mass is 10.2. The van der Waals surface area contributed by atoms with Gasteiger partial charge in [0.25, 0.3) is 5.91 Å². The van der Waals surface area contributed by atoms with Crippen molar-refractivity contribution < 1.29 is 9.59 Å². The van der Waals surface area contributed by atoms with E-state index in [-0.39, 0.29) is 11.8 Å². The van der Waals surface area contributed by atoms with Crippen molar-refractivity contribution in [3.63, 3.8) is 0 Å². The summed E-state index contributed by atoms with van der Waals surface area (Å²) in [5, 5.41) is 6.04. The van der Waals surface area contributed by atoms with Gasteiger partial charge in [0, 0.05) is 22.6 Å². The summed E-state index contributed by atoms with van der Waals surface area (Å²) in [6.07, 6.45) is 0. The number of rotatable bonds is 3. The summed E-state index contributed by atoms with van der Waals surface area (Å²) in [4.78, 5) is 27.7. The second-order valence-electron chi connectivity index (χ2n) is 4.84. The Morgan fingerprint density at radius 2 is 1.83 bits per heavy atom. The molecular weight excluding hydrogens is 378 g/mol. The van der Waals surface area contributed by atoms with Gasteiger partial charge in [-0.3, -0.25) is 14.9 Å². The molecule has 2 amide bonds. The van der Waals surface area contributed by atoms with E-state index in [9.17, 15) is 9.59 Å². The molecule has 23 heavy (non-hydrogen) atoms. The van der Waals surface area contributed by atoms with Crippen molar-refractivity contribution in [2.45, 2.75) is 6.92 Å². The van der Waals surface area contributed by atoms with Gasteiger partial charge in [-0.25, -0.2) is 4.98 Å². The van der Waals surface area contributed by atoms with Crippen molar-refractivity contribution in [1.29, 1.82) is 0 Å². The number of hydrogen-bond donors (Lipinski definition) is 2. The van der Waals surface area contributed by atoms with Crippen LogP contribution in [-0.2, 0) is 4.79 Å². The maximum Gasteiger partial charge on any atom is 0.257 e. The molecule has 2 N–H and O–H groups in total. The smallest absolute Gasteiger partial charge is 0.257 e. The van der Waals surface area contributed by atoms with E-state index in [2.05, 4.69) is 31.5 Å². The molecule has 2 aromatic carbocycles. The van der Waals surface area contributed by atoms with Crippen molar-refractivity contribution in [3.8, 4) is 0 Å². The molecule has 0 spiro atoms. The third-order valence-corrected chi connectivity index (χ3v) is 4.50. The third-order valence-electron chi connectivity index (χ3n) is 3.04. The Morgan fingerprint density at radius 1 is 1.09 bits per heavy atom. The minimum atomic E-state index is -0.210. The van der Waals surface area contributed by atoms with Crippen LogP contribution < -0.4 is 10.6 Å². The topological polar surface area (TPSA) is 71.1 Å². The summed E-state index contributed by atoms with van der Waals surface area (Å²) in [7, 11) is 0. The molecule has 1 heterocycles. The first-order valence-corrected chi connectivity index (χ1v) is 8.37. The van der Waals surface area contributed by atoms with Crippen LogP contribution in [0.15, 0.2) is 46.9 Å². The van der Waals surface area contributed by atoms with E-state index < -0.39 is 0 Å². The lowest BCUT2D eigenvalue weighted by Gasteiger charge is -2.01. The Kier molecular flexibility index (Phi) is 4.40. The summed E-state index contributed by atoms with van der Waals surface area (Å²) in [6, 6.07) is 12.5. The Bertz CT molecular complexity index is 890. The Morgan fingerprint density at radius 3 is 2.52 bits per heavy atom. The summed E-state index contributed by atoms with van der Waals surface area (Å²) in [6.45, 7) is 1.46. The number of amides is 2. The van der Waals surface area contributed by atoms with Crippen LogP contribution in [0.1, 0.15) is 17.3 Å². The van der Waals surface area contributed by atoms with Crippen molar-refractivity contribution in [2.24, 2.45) is 0 Å². The quantitative estimate of drug-likeness (QED) is 0.702. The number of hydrogen-bond acceptors (Lipinski definition) is 4. The second kappa shape index (κ2) is 6.47. The first-order valence-electron chi connectivity index (χ1n) is 6.76. The first-order chi connectivity index (χ1) is 11.0. The zero-order valence-electron chi connectivity index (χ0n) is 12.1. The standard InChI is InChI=1S/C16H12BrN3O2S/c1-9(21)18-12-6-7-13-14(8-12)23-16(19-13)20-15(22)10-2-4-11(17)5-3-10/h2-8H,1H3,(H,18,21)(H,19,20,22). The summed E-state index contributed by atoms with van der Waals surface area (Å²) in [5.41, 5.74) is 2.04. The summed E-state index contributed by atoms with van der Waals surface area (Å²) < 4.78 is 1.81. The predicted octanol–water partition coefficient (Wildman–Crippen LogP) is 4.27. The molecule has 0 fully saturated rings. The highest BCUT2D eigenvalue weighted by molar-refractivity contribution is 9.10. The molecule has 3 rings (SSSR count). The minimum Gasteiger partial charge on any atom is -0.326 e. The fraction of sp³-hybridized carbons (Fsp3) is 0.0625. The second-order valence-corrected chi connectivity index (χ2v) is 6.79. The van der Waals surface area contributed by atoms with Crippen molar-refractivity contribution in [3.05, 3.63) is 52.5 Å². The van der Waals surface area contributed by atoms with Gasteiger partial charge in [0.15, 0.2) is 5.13 Å². The number of anilines is 2. The summed E-state index contributed by atoms with van der Waals surface area (Å²) >= 11 is 4.70. The van der Waals surface area contributed by atoms with Crippen LogP contribution in [0.4, 0.5) is 10.8 Å². The highest BCUT2D eigenvalue weighted by atomic mass is 79.9. The van der Waals surface area contributed by atoms with Crippen LogP contribution in [0.25, 0.3) is 10.2 Å². The van der Waals surface area contributed by atoms with E-state index in [1.807, 2.05) is 24.3 Å². The maximum atomic E-state index is 12.2. The van der Waals surface area contributed by atoms with Crippen LogP contribution in [0, 0.1) is 0 Å². The van der Waals surface area contributed by atoms with E-state index in [1.54, 1.807) is 18.2 Å². The monoisotopic (exact) mass is 389 g/mol. The van der Waals surface area contributed by atoms with Gasteiger partial charge in [-0.2, -0.15) is 0 Å². The Labute approximate surface area is 144 Å². The van der Waals surface area contributed by atoms with E-state index in [0.29, 0.717) is 16.4 Å². The average molecular weight is 390 g/mol. The Balaban J connectivity index is 1.81. The number of fused-ring (bicyclic) bond motifs is 1. The van der Waals surface area contributed by atoms with Crippen molar-refractivity contribution in [2.75, 3.05) is 10.6 Å². The SMILES string of the molecule is CC(=O)Nc1ccc2nc(NC(=O)c3ccc(Br)cc3)sc2c1. The predicted molar refractivity (Wildman–Crippen MR) is 96.0 cm³/mol. The fourth-order valence-corrected chi connectivity index (χ4v) is 3.19. The number of carbonyl (C=O) groups is 2. The normalized spacial score (nSPS) is 10.5. The molecule has 7 heteroatoms. The first kappa shape index (κ1) is 15.6. The number of halogens is 1. The van der Waals surface area contributed by atoms with Gasteiger partial charge < -0.3 is 5.32 Å². The number of nitrogens with one attached hydrogen (secondary N) is 2. The number of aromatic nitrogens is 1. The fourth-order valence-electron chi connectivity index (χ4n) is 2.03. The van der Waals surface area contributed by atoms with E-state index in [1.165, 1.54) is 18.3 Å². The van der Waals surface area contributed by atoms with Gasteiger partial charge in [0.05, 0.1) is 10.2 Å². The molecule has 5 nitrogen and oxygen atoms in total. The molecule has 1 aromatic heterocycles. The van der Waals surface area contributed by atoms with Crippen molar-refractivity contribution in [1.82, 2.24) is 4.98 Å². The zero-order chi connectivity index (χ0) is 16.4. The highest BCUT2D eigenvalue weighted by Crippen LogP contribution is 2.28. The molecule has 0 atom stereocenters. The zero-order valence-corrected chi connectivity index (χ0v) is 14.5. The molecule has 0 radical (unpaired) electrons. The average Bonchev–Trinajstić information content (AvgIpc) is 2.88. The van der Waals surface area contributed by atoms with Crippen LogP contribution >= 0.6 is 27.3 Å². The van der Waals surface area contributed by atoms with Crippen LogP contribution in [0.5, 0.6) is 0 Å². The van der Waals surface area contributed by atoms with Crippen LogP contribution in [0.3, 0.4) is 0 Å². The lowest BCUT2D eigenvalue weighted by Crippen LogP contribution is -2.11. The molecule has 0 saturated heterocycles. The molecule has 3 aromatic rings. The van der Waals surface area contributed by atoms with Gasteiger partial charge in [-0.1, -0.05) is 27.3 Å². The Hall–Kier alpha value is -2.25. The molecule has 0 unspecified atom stereocenters. The molecule has 0 aliphatic carbocycles. The lowest BCUT2D eigenvalue weighted by molar-refractivity contribution is -0.114. The molecule has 116 valence electrons. The number of benzene rings is 2. The van der Waals surface area contributed by atoms with E-state index >= 15 is 0 Å². The third kappa shape index (κ3) is 3.75. The van der Waals surface area contributed by atoms with Crippen LogP contribution in [-0.4, -0.2) is 16.8 Å². The van der Waals surface area contributed by atoms with Gasteiger partial charge >= 0.3 is 0 Å². The summed E-state index contributed by atoms with van der Waals surface area (Å²) in [5.74, 6) is -0.337. The van der Waals surface area contributed by atoms with Gasteiger partial charge in [0.1, 0.15) is 0 Å². The molecular formula is C16H12BrN3O2S. The minimum absolute atomic E-state index is 0.127. The maximum absolute atomic E-state index is 12.2.